The molecule has 0 spiro atoms. The average molecular weight is 336 g/mol. The van der Waals surface area contributed by atoms with Gasteiger partial charge in [-0.3, -0.25) is 14.5 Å². The largest absolute Gasteiger partial charge is 0.454 e. The predicted octanol–water partition coefficient (Wildman–Crippen LogP) is 2.14. The predicted molar refractivity (Wildman–Crippen MR) is 90.2 cm³/mol. The van der Waals surface area contributed by atoms with Crippen LogP contribution in [-0.2, 0) is 13.6 Å². The number of aryl methyl sites for hydroxylation is 1. The molecule has 1 amide bonds. The van der Waals surface area contributed by atoms with Gasteiger partial charge in [0.25, 0.3) is 5.91 Å². The Kier molecular flexibility index (Phi) is 3.81. The number of aromatic nitrogens is 3. The standard InChI is InChI=1S/C18H16N4O3/c1-22-13(9-15(21-22)14-4-2-3-7-19-14)10-20-18(23)12-5-6-16-17(8-12)25-11-24-16/h2-9H,10-11H2,1H3,(H,20,23). The van der Waals surface area contributed by atoms with Crippen molar-refractivity contribution in [3.05, 3.63) is 59.9 Å². The minimum Gasteiger partial charge on any atom is -0.454 e. The fourth-order valence-electron chi connectivity index (χ4n) is 2.62. The Bertz CT molecular complexity index is 921. The molecule has 2 aromatic heterocycles. The molecule has 0 aliphatic carbocycles. The molecule has 7 nitrogen and oxygen atoms in total. The number of nitrogens with one attached hydrogen (secondary N) is 1. The van der Waals surface area contributed by atoms with Gasteiger partial charge in [0.15, 0.2) is 11.5 Å². The van der Waals surface area contributed by atoms with Crippen molar-refractivity contribution in [1.82, 2.24) is 20.1 Å². The summed E-state index contributed by atoms with van der Waals surface area (Å²) in [6.45, 7) is 0.551. The highest BCUT2D eigenvalue weighted by molar-refractivity contribution is 5.94. The summed E-state index contributed by atoms with van der Waals surface area (Å²) in [5, 5.41) is 7.34. The fraction of sp³-hybridized carbons (Fsp3) is 0.167. The highest BCUT2D eigenvalue weighted by Crippen LogP contribution is 2.32. The second-order valence-corrected chi connectivity index (χ2v) is 5.61. The van der Waals surface area contributed by atoms with Gasteiger partial charge in [0.05, 0.1) is 17.9 Å². The van der Waals surface area contributed by atoms with E-state index in [2.05, 4.69) is 15.4 Å². The van der Waals surface area contributed by atoms with E-state index in [0.717, 1.165) is 17.1 Å². The summed E-state index contributed by atoms with van der Waals surface area (Å²) in [6.07, 6.45) is 1.73. The molecule has 3 aromatic rings. The van der Waals surface area contributed by atoms with Crippen molar-refractivity contribution in [3.8, 4) is 22.9 Å². The van der Waals surface area contributed by atoms with E-state index in [1.165, 1.54) is 0 Å². The third kappa shape index (κ3) is 3.03. The Morgan fingerprint density at radius 3 is 2.88 bits per heavy atom. The number of pyridine rings is 1. The van der Waals surface area contributed by atoms with Crippen molar-refractivity contribution in [3.63, 3.8) is 0 Å². The van der Waals surface area contributed by atoms with Gasteiger partial charge in [0, 0.05) is 18.8 Å². The van der Waals surface area contributed by atoms with E-state index in [9.17, 15) is 4.79 Å². The molecule has 4 rings (SSSR count). The number of ether oxygens (including phenoxy) is 2. The normalized spacial score (nSPS) is 12.2. The van der Waals surface area contributed by atoms with Crippen LogP contribution in [0.5, 0.6) is 11.5 Å². The van der Waals surface area contributed by atoms with Gasteiger partial charge < -0.3 is 14.8 Å². The Morgan fingerprint density at radius 2 is 2.04 bits per heavy atom. The number of hydrogen-bond donors (Lipinski definition) is 1. The number of fused-ring (bicyclic) bond motifs is 1. The molecule has 0 atom stereocenters. The van der Waals surface area contributed by atoms with Crippen molar-refractivity contribution in [2.75, 3.05) is 6.79 Å². The molecule has 1 aliphatic heterocycles. The number of carbonyl (C=O) groups excluding carboxylic acids is 1. The highest BCUT2D eigenvalue weighted by atomic mass is 16.7. The van der Waals surface area contributed by atoms with Crippen LogP contribution in [0.2, 0.25) is 0 Å². The van der Waals surface area contributed by atoms with E-state index in [4.69, 9.17) is 9.47 Å². The van der Waals surface area contributed by atoms with Gasteiger partial charge in [-0.2, -0.15) is 5.10 Å². The maximum atomic E-state index is 12.4. The molecule has 0 radical (unpaired) electrons. The number of carbonyl (C=O) groups is 1. The SMILES string of the molecule is Cn1nc(-c2ccccn2)cc1CNC(=O)c1ccc2c(c1)OCO2. The fourth-order valence-corrected chi connectivity index (χ4v) is 2.62. The number of nitrogens with zero attached hydrogens (tertiary/aromatic N) is 3. The van der Waals surface area contributed by atoms with E-state index < -0.39 is 0 Å². The van der Waals surface area contributed by atoms with Crippen molar-refractivity contribution in [2.45, 2.75) is 6.54 Å². The number of amides is 1. The first kappa shape index (κ1) is 15.2. The van der Waals surface area contributed by atoms with E-state index in [1.807, 2.05) is 31.3 Å². The lowest BCUT2D eigenvalue weighted by molar-refractivity contribution is 0.0949. The van der Waals surface area contributed by atoms with Gasteiger partial charge >= 0.3 is 0 Å². The lowest BCUT2D eigenvalue weighted by Gasteiger charge is -2.06. The molecular weight excluding hydrogens is 320 g/mol. The Labute approximate surface area is 144 Å². The van der Waals surface area contributed by atoms with Crippen LogP contribution in [0.15, 0.2) is 48.7 Å². The molecule has 0 saturated carbocycles. The molecule has 3 heterocycles. The Balaban J connectivity index is 1.46. The van der Waals surface area contributed by atoms with Crippen molar-refractivity contribution < 1.29 is 14.3 Å². The van der Waals surface area contributed by atoms with Gasteiger partial charge in [0.1, 0.15) is 5.69 Å². The quantitative estimate of drug-likeness (QED) is 0.790. The van der Waals surface area contributed by atoms with Gasteiger partial charge in [-0.1, -0.05) is 6.07 Å². The lowest BCUT2D eigenvalue weighted by atomic mass is 10.2. The molecule has 0 fully saturated rings. The van der Waals surface area contributed by atoms with Crippen molar-refractivity contribution in [1.29, 1.82) is 0 Å². The highest BCUT2D eigenvalue weighted by Gasteiger charge is 2.16. The zero-order chi connectivity index (χ0) is 17.2. The van der Waals surface area contributed by atoms with Crippen molar-refractivity contribution >= 4 is 5.91 Å². The van der Waals surface area contributed by atoms with Gasteiger partial charge in [0.2, 0.25) is 6.79 Å². The minimum atomic E-state index is -0.182. The summed E-state index contributed by atoms with van der Waals surface area (Å²) in [5.41, 5.74) is 2.98. The first-order valence-electron chi connectivity index (χ1n) is 7.83. The summed E-state index contributed by atoms with van der Waals surface area (Å²) in [5.74, 6) is 1.06. The van der Waals surface area contributed by atoms with Crippen LogP contribution >= 0.6 is 0 Å². The summed E-state index contributed by atoms with van der Waals surface area (Å²) in [7, 11) is 1.84. The van der Waals surface area contributed by atoms with Crippen LogP contribution in [0, 0.1) is 0 Å². The second kappa shape index (κ2) is 6.27. The van der Waals surface area contributed by atoms with E-state index in [0.29, 0.717) is 23.6 Å². The van der Waals surface area contributed by atoms with Crippen LogP contribution in [-0.4, -0.2) is 27.5 Å². The summed E-state index contributed by atoms with van der Waals surface area (Å²) < 4.78 is 12.3. The van der Waals surface area contributed by atoms with Crippen LogP contribution in [0.4, 0.5) is 0 Å². The van der Waals surface area contributed by atoms with E-state index in [-0.39, 0.29) is 12.7 Å². The van der Waals surface area contributed by atoms with Gasteiger partial charge in [-0.15, -0.1) is 0 Å². The zero-order valence-electron chi connectivity index (χ0n) is 13.6. The topological polar surface area (TPSA) is 78.3 Å². The monoisotopic (exact) mass is 336 g/mol. The molecular formula is C18H16N4O3. The average Bonchev–Trinajstić information content (AvgIpc) is 3.26. The lowest BCUT2D eigenvalue weighted by Crippen LogP contribution is -2.23. The van der Waals surface area contributed by atoms with Crippen molar-refractivity contribution in [2.24, 2.45) is 7.05 Å². The smallest absolute Gasteiger partial charge is 0.251 e. The minimum absolute atomic E-state index is 0.182. The third-order valence-corrected chi connectivity index (χ3v) is 3.97. The molecule has 25 heavy (non-hydrogen) atoms. The molecule has 0 bridgehead atoms. The van der Waals surface area contributed by atoms with Crippen LogP contribution < -0.4 is 14.8 Å². The first-order chi connectivity index (χ1) is 12.2. The van der Waals surface area contributed by atoms with Crippen LogP contribution in [0.1, 0.15) is 16.1 Å². The summed E-state index contributed by atoms with van der Waals surface area (Å²) in [4.78, 5) is 16.6. The van der Waals surface area contributed by atoms with E-state index in [1.54, 1.807) is 29.1 Å². The Hall–Kier alpha value is -3.35. The maximum Gasteiger partial charge on any atom is 0.251 e. The number of rotatable bonds is 4. The molecule has 126 valence electrons. The van der Waals surface area contributed by atoms with Gasteiger partial charge in [-0.05, 0) is 36.4 Å². The molecule has 1 aromatic carbocycles. The summed E-state index contributed by atoms with van der Waals surface area (Å²) in [6, 6.07) is 12.7. The second-order valence-electron chi connectivity index (χ2n) is 5.61. The number of hydrogen-bond acceptors (Lipinski definition) is 5. The molecule has 0 saturated heterocycles. The molecule has 1 aliphatic rings. The molecule has 1 N–H and O–H groups in total. The van der Waals surface area contributed by atoms with Crippen LogP contribution in [0.25, 0.3) is 11.4 Å². The van der Waals surface area contributed by atoms with Gasteiger partial charge in [-0.25, -0.2) is 0 Å². The molecule has 0 unspecified atom stereocenters. The van der Waals surface area contributed by atoms with Crippen LogP contribution in [0.3, 0.4) is 0 Å². The zero-order valence-corrected chi connectivity index (χ0v) is 13.6. The Morgan fingerprint density at radius 1 is 1.16 bits per heavy atom. The molecule has 7 heteroatoms. The van der Waals surface area contributed by atoms with E-state index >= 15 is 0 Å². The third-order valence-electron chi connectivity index (χ3n) is 3.97. The first-order valence-corrected chi connectivity index (χ1v) is 7.83. The summed E-state index contributed by atoms with van der Waals surface area (Å²) >= 11 is 0. The number of benzene rings is 1. The maximum absolute atomic E-state index is 12.4.